The molecule has 1 saturated carbocycles. The summed E-state index contributed by atoms with van der Waals surface area (Å²) in [5.74, 6) is -1.23. The number of amides is 2. The number of alkyl halides is 3. The van der Waals surface area contributed by atoms with Crippen molar-refractivity contribution >= 4 is 6.03 Å². The number of rotatable bonds is 3. The lowest BCUT2D eigenvalue weighted by molar-refractivity contribution is -0.183. The van der Waals surface area contributed by atoms with Gasteiger partial charge in [0.25, 0.3) is 0 Å². The van der Waals surface area contributed by atoms with Crippen molar-refractivity contribution in [1.29, 1.82) is 0 Å². The quantitative estimate of drug-likeness (QED) is 0.818. The number of nitrogens with one attached hydrogen (secondary N) is 1. The first-order valence-electron chi connectivity index (χ1n) is 9.69. The molecule has 1 aromatic rings. The number of halogens is 3. The predicted molar refractivity (Wildman–Crippen MR) is 96.0 cm³/mol. The third-order valence-corrected chi connectivity index (χ3v) is 5.88. The number of urea groups is 1. The van der Waals surface area contributed by atoms with Crippen molar-refractivity contribution in [3.05, 3.63) is 35.9 Å². The van der Waals surface area contributed by atoms with E-state index >= 15 is 0 Å². The minimum atomic E-state index is -4.19. The van der Waals surface area contributed by atoms with E-state index in [1.807, 2.05) is 30.3 Å². The molecule has 4 nitrogen and oxygen atoms in total. The summed E-state index contributed by atoms with van der Waals surface area (Å²) in [6, 6.07) is 8.77. The van der Waals surface area contributed by atoms with Gasteiger partial charge in [-0.3, -0.25) is 0 Å². The Morgan fingerprint density at radius 2 is 1.78 bits per heavy atom. The molecule has 2 aliphatic rings. The Hall–Kier alpha value is -1.76. The van der Waals surface area contributed by atoms with E-state index in [4.69, 9.17) is 0 Å². The van der Waals surface area contributed by atoms with Crippen molar-refractivity contribution in [2.75, 3.05) is 13.1 Å². The van der Waals surface area contributed by atoms with Gasteiger partial charge in [0.15, 0.2) is 0 Å². The fourth-order valence-electron chi connectivity index (χ4n) is 4.22. The van der Waals surface area contributed by atoms with Gasteiger partial charge in [0.05, 0.1) is 12.0 Å². The van der Waals surface area contributed by atoms with Gasteiger partial charge >= 0.3 is 12.2 Å². The number of carbonyl (C=O) groups excluding carboxylic acids is 1. The monoisotopic (exact) mass is 384 g/mol. The maximum atomic E-state index is 12.9. The van der Waals surface area contributed by atoms with E-state index in [9.17, 15) is 23.1 Å². The highest BCUT2D eigenvalue weighted by Gasteiger charge is 2.42. The summed E-state index contributed by atoms with van der Waals surface area (Å²) in [7, 11) is 0. The number of piperidine rings is 1. The first kappa shape index (κ1) is 20.0. The lowest BCUT2D eigenvalue weighted by Gasteiger charge is -2.36. The fourth-order valence-corrected chi connectivity index (χ4v) is 4.22. The van der Waals surface area contributed by atoms with Gasteiger partial charge in [0.1, 0.15) is 0 Å². The Morgan fingerprint density at radius 1 is 1.11 bits per heavy atom. The first-order valence-corrected chi connectivity index (χ1v) is 9.69. The molecule has 150 valence electrons. The molecule has 2 fully saturated rings. The van der Waals surface area contributed by atoms with Crippen LogP contribution < -0.4 is 5.32 Å². The zero-order valence-corrected chi connectivity index (χ0v) is 15.3. The van der Waals surface area contributed by atoms with Gasteiger partial charge in [-0.15, -0.1) is 0 Å². The van der Waals surface area contributed by atoms with Crippen molar-refractivity contribution < 1.29 is 23.1 Å². The SMILES string of the molecule is O=C(N[C@@H]1CCC[C@H](C(F)(F)F)C1)N1CCC([C@@H](O)c2ccccc2)CC1. The minimum Gasteiger partial charge on any atom is -0.388 e. The van der Waals surface area contributed by atoms with Crippen LogP contribution in [0.2, 0.25) is 0 Å². The maximum Gasteiger partial charge on any atom is 0.391 e. The molecule has 2 N–H and O–H groups in total. The highest BCUT2D eigenvalue weighted by atomic mass is 19.4. The minimum absolute atomic E-state index is 0.0293. The van der Waals surface area contributed by atoms with Gasteiger partial charge in [0.2, 0.25) is 0 Å². The third kappa shape index (κ3) is 5.15. The average Bonchev–Trinajstić information content (AvgIpc) is 2.68. The number of aliphatic hydroxyl groups excluding tert-OH is 1. The predicted octanol–water partition coefficient (Wildman–Crippen LogP) is 4.26. The highest BCUT2D eigenvalue weighted by molar-refractivity contribution is 5.74. The second-order valence-corrected chi connectivity index (χ2v) is 7.73. The van der Waals surface area contributed by atoms with Crippen LogP contribution in [0.3, 0.4) is 0 Å². The van der Waals surface area contributed by atoms with Crippen LogP contribution in [0.1, 0.15) is 50.2 Å². The van der Waals surface area contributed by atoms with Gasteiger partial charge in [-0.25, -0.2) is 4.79 Å². The molecule has 1 aromatic carbocycles. The second kappa shape index (κ2) is 8.50. The van der Waals surface area contributed by atoms with Gasteiger partial charge in [0, 0.05) is 19.1 Å². The van der Waals surface area contributed by atoms with E-state index in [1.54, 1.807) is 4.90 Å². The van der Waals surface area contributed by atoms with Crippen molar-refractivity contribution in [3.8, 4) is 0 Å². The average molecular weight is 384 g/mol. The molecule has 1 aliphatic heterocycles. The van der Waals surface area contributed by atoms with E-state index in [-0.39, 0.29) is 24.8 Å². The molecule has 1 aliphatic carbocycles. The Morgan fingerprint density at radius 3 is 2.41 bits per heavy atom. The van der Waals surface area contributed by atoms with Crippen molar-refractivity contribution in [2.24, 2.45) is 11.8 Å². The molecule has 0 spiro atoms. The molecule has 2 amide bonds. The van der Waals surface area contributed by atoms with Crippen molar-refractivity contribution in [3.63, 3.8) is 0 Å². The smallest absolute Gasteiger partial charge is 0.388 e. The zero-order valence-electron chi connectivity index (χ0n) is 15.3. The Bertz CT molecular complexity index is 615. The Balaban J connectivity index is 1.47. The molecule has 7 heteroatoms. The number of likely N-dealkylation sites (tertiary alicyclic amines) is 1. The third-order valence-electron chi connectivity index (χ3n) is 5.88. The molecule has 3 rings (SSSR count). The van der Waals surface area contributed by atoms with Crippen LogP contribution in [0, 0.1) is 11.8 Å². The van der Waals surface area contributed by atoms with Crippen LogP contribution in [-0.4, -0.2) is 41.3 Å². The summed E-state index contributed by atoms with van der Waals surface area (Å²) in [6.45, 7) is 1.02. The second-order valence-electron chi connectivity index (χ2n) is 7.73. The molecule has 27 heavy (non-hydrogen) atoms. The largest absolute Gasteiger partial charge is 0.391 e. The number of benzene rings is 1. The van der Waals surface area contributed by atoms with Crippen molar-refractivity contribution in [1.82, 2.24) is 10.2 Å². The van der Waals surface area contributed by atoms with Crippen LogP contribution >= 0.6 is 0 Å². The molecule has 0 aromatic heterocycles. The molecule has 1 saturated heterocycles. The number of hydrogen-bond donors (Lipinski definition) is 2. The van der Waals surface area contributed by atoms with E-state index in [0.717, 1.165) is 5.56 Å². The van der Waals surface area contributed by atoms with Crippen LogP contribution in [0.5, 0.6) is 0 Å². The number of carbonyl (C=O) groups is 1. The Kier molecular flexibility index (Phi) is 6.29. The molecule has 0 radical (unpaired) electrons. The fraction of sp³-hybridized carbons (Fsp3) is 0.650. The number of hydrogen-bond acceptors (Lipinski definition) is 2. The summed E-state index contributed by atoms with van der Waals surface area (Å²) in [5.41, 5.74) is 0.876. The van der Waals surface area contributed by atoms with Crippen LogP contribution in [0.25, 0.3) is 0 Å². The lowest BCUT2D eigenvalue weighted by Crippen LogP contribution is -2.50. The normalized spacial score (nSPS) is 25.9. The van der Waals surface area contributed by atoms with Crippen molar-refractivity contribution in [2.45, 2.75) is 56.8 Å². The van der Waals surface area contributed by atoms with Gasteiger partial charge < -0.3 is 15.3 Å². The van der Waals surface area contributed by atoms with Crippen LogP contribution in [-0.2, 0) is 0 Å². The molecule has 0 unspecified atom stereocenters. The number of nitrogens with zero attached hydrogens (tertiary/aromatic N) is 1. The van der Waals surface area contributed by atoms with E-state index in [0.29, 0.717) is 38.8 Å². The summed E-state index contributed by atoms with van der Waals surface area (Å²) >= 11 is 0. The number of aliphatic hydroxyl groups is 1. The molecular weight excluding hydrogens is 357 g/mol. The molecular formula is C20H27F3N2O2. The molecule has 0 bridgehead atoms. The lowest BCUT2D eigenvalue weighted by atomic mass is 9.85. The summed E-state index contributed by atoms with van der Waals surface area (Å²) in [5, 5.41) is 13.3. The topological polar surface area (TPSA) is 52.6 Å². The highest BCUT2D eigenvalue weighted by Crippen LogP contribution is 2.37. The van der Waals surface area contributed by atoms with E-state index < -0.39 is 24.2 Å². The zero-order chi connectivity index (χ0) is 19.4. The Labute approximate surface area is 157 Å². The first-order chi connectivity index (χ1) is 12.8. The van der Waals surface area contributed by atoms with Gasteiger partial charge in [-0.05, 0) is 43.6 Å². The summed E-state index contributed by atoms with van der Waals surface area (Å²) in [4.78, 5) is 14.1. The summed E-state index contributed by atoms with van der Waals surface area (Å²) < 4.78 is 38.8. The van der Waals surface area contributed by atoms with E-state index in [1.165, 1.54) is 0 Å². The van der Waals surface area contributed by atoms with Gasteiger partial charge in [-0.2, -0.15) is 13.2 Å². The van der Waals surface area contributed by atoms with Gasteiger partial charge in [-0.1, -0.05) is 36.8 Å². The maximum absolute atomic E-state index is 12.9. The molecule has 3 atom stereocenters. The summed E-state index contributed by atoms with van der Waals surface area (Å²) in [6.07, 6.45) is -2.17. The van der Waals surface area contributed by atoms with Crippen LogP contribution in [0.15, 0.2) is 30.3 Å². The molecule has 1 heterocycles. The standard InChI is InChI=1S/C20H27F3N2O2/c21-20(22,23)16-7-4-8-17(13-16)24-19(27)25-11-9-15(10-12-25)18(26)14-5-2-1-3-6-14/h1-3,5-6,15-18,26H,4,7-13H2,(H,24,27)/t16-,17+,18-/m0/s1. The van der Waals surface area contributed by atoms with E-state index in [2.05, 4.69) is 5.32 Å². The van der Waals surface area contributed by atoms with Crippen LogP contribution in [0.4, 0.5) is 18.0 Å².